The fraction of sp³-hybridized carbons (Fsp3) is 0.280. The first-order chi connectivity index (χ1) is 16.4. The Kier molecular flexibility index (Phi) is 7.20. The highest BCUT2D eigenvalue weighted by molar-refractivity contribution is 5.84. The average Bonchev–Trinajstić information content (AvgIpc) is 2.84. The van der Waals surface area contributed by atoms with E-state index in [-0.39, 0.29) is 18.5 Å². The van der Waals surface area contributed by atoms with E-state index in [9.17, 15) is 18.0 Å². The number of ether oxygens (including phenoxy) is 2. The van der Waals surface area contributed by atoms with Gasteiger partial charge in [0.15, 0.2) is 0 Å². The number of piperidine rings is 1. The Morgan fingerprint density at radius 2 is 1.71 bits per heavy atom. The Morgan fingerprint density at radius 3 is 2.38 bits per heavy atom. The monoisotopic (exact) mass is 471 g/mol. The summed E-state index contributed by atoms with van der Waals surface area (Å²) in [5.74, 6) is 0.582. The fourth-order valence-electron chi connectivity index (χ4n) is 3.71. The van der Waals surface area contributed by atoms with Crippen LogP contribution in [0, 0.1) is 0 Å². The van der Waals surface area contributed by atoms with Crippen molar-refractivity contribution >= 4 is 17.6 Å². The lowest BCUT2D eigenvalue weighted by Gasteiger charge is -2.33. The van der Waals surface area contributed by atoms with Gasteiger partial charge < -0.3 is 14.4 Å². The molecule has 4 rings (SSSR count). The van der Waals surface area contributed by atoms with Crippen LogP contribution in [-0.4, -0.2) is 30.3 Å². The molecule has 0 radical (unpaired) electrons. The second kappa shape index (κ2) is 10.5. The van der Waals surface area contributed by atoms with Crippen molar-refractivity contribution in [1.29, 1.82) is 0 Å². The van der Waals surface area contributed by atoms with Gasteiger partial charge in [-0.15, -0.1) is 0 Å². The molecule has 9 heteroatoms. The first-order valence-electron chi connectivity index (χ1n) is 10.9. The van der Waals surface area contributed by atoms with Crippen molar-refractivity contribution in [2.75, 3.05) is 23.3 Å². The number of pyridine rings is 1. The molecule has 2 heterocycles. The quantitative estimate of drug-likeness (QED) is 0.485. The van der Waals surface area contributed by atoms with Crippen LogP contribution in [0.2, 0.25) is 0 Å². The van der Waals surface area contributed by atoms with E-state index in [1.54, 1.807) is 18.3 Å². The second-order valence-electron chi connectivity index (χ2n) is 7.89. The number of anilines is 2. The van der Waals surface area contributed by atoms with Gasteiger partial charge in [-0.3, -0.25) is 5.32 Å². The highest BCUT2D eigenvalue weighted by atomic mass is 19.4. The maximum Gasteiger partial charge on any atom is 0.419 e. The molecular formula is C25H24F3N3O3. The number of para-hydroxylation sites is 1. The van der Waals surface area contributed by atoms with Crippen molar-refractivity contribution in [3.05, 3.63) is 84.1 Å². The van der Waals surface area contributed by atoms with Gasteiger partial charge in [-0.2, -0.15) is 13.2 Å². The minimum absolute atomic E-state index is 0.138. The van der Waals surface area contributed by atoms with Gasteiger partial charge in [0.25, 0.3) is 0 Å². The van der Waals surface area contributed by atoms with Gasteiger partial charge in [-0.25, -0.2) is 9.78 Å². The summed E-state index contributed by atoms with van der Waals surface area (Å²) in [4.78, 5) is 18.4. The maximum absolute atomic E-state index is 13.2. The average molecular weight is 471 g/mol. The number of alkyl halides is 3. The topological polar surface area (TPSA) is 63.7 Å². The smallest absolute Gasteiger partial charge is 0.419 e. The molecule has 0 saturated carbocycles. The van der Waals surface area contributed by atoms with Crippen molar-refractivity contribution in [2.24, 2.45) is 0 Å². The highest BCUT2D eigenvalue weighted by Crippen LogP contribution is 2.37. The van der Waals surface area contributed by atoms with Gasteiger partial charge in [-0.05, 0) is 29.8 Å². The Balaban J connectivity index is 1.26. The SMILES string of the molecule is O=C(Nc1ccc(N2CCC(Oc3ccccc3C(F)(F)F)CC2)nc1)OCc1ccccc1. The first kappa shape index (κ1) is 23.4. The van der Waals surface area contributed by atoms with E-state index in [2.05, 4.69) is 10.3 Å². The summed E-state index contributed by atoms with van der Waals surface area (Å²) in [5, 5.41) is 2.64. The summed E-state index contributed by atoms with van der Waals surface area (Å²) < 4.78 is 50.4. The van der Waals surface area contributed by atoms with Gasteiger partial charge in [0.2, 0.25) is 0 Å². The van der Waals surface area contributed by atoms with Crippen molar-refractivity contribution in [3.8, 4) is 5.75 Å². The maximum atomic E-state index is 13.2. The highest BCUT2D eigenvalue weighted by Gasteiger charge is 2.35. The number of rotatable bonds is 6. The molecular weight excluding hydrogens is 447 g/mol. The minimum Gasteiger partial charge on any atom is -0.490 e. The van der Waals surface area contributed by atoms with Gasteiger partial charge in [0.1, 0.15) is 24.3 Å². The summed E-state index contributed by atoms with van der Waals surface area (Å²) in [6.45, 7) is 1.36. The number of hydrogen-bond acceptors (Lipinski definition) is 5. The van der Waals surface area contributed by atoms with Crippen molar-refractivity contribution in [3.63, 3.8) is 0 Å². The molecule has 178 valence electrons. The molecule has 6 nitrogen and oxygen atoms in total. The molecule has 1 N–H and O–H groups in total. The van der Waals surface area contributed by atoms with E-state index in [0.29, 0.717) is 31.6 Å². The standard InChI is InChI=1S/C25H24F3N3O3/c26-25(27,28)21-8-4-5-9-22(21)34-20-12-14-31(15-13-20)23-11-10-19(16-29-23)30-24(32)33-17-18-6-2-1-3-7-18/h1-11,16,20H,12-15,17H2,(H,30,32). The lowest BCUT2D eigenvalue weighted by molar-refractivity contribution is -0.139. The Bertz CT molecular complexity index is 1080. The number of carbonyl (C=O) groups is 1. The van der Waals surface area contributed by atoms with E-state index in [1.807, 2.05) is 35.2 Å². The van der Waals surface area contributed by atoms with Crippen LogP contribution in [0.4, 0.5) is 29.5 Å². The van der Waals surface area contributed by atoms with Gasteiger partial charge in [-0.1, -0.05) is 42.5 Å². The normalized spacial score (nSPS) is 14.5. The number of hydrogen-bond donors (Lipinski definition) is 1. The predicted molar refractivity (Wildman–Crippen MR) is 122 cm³/mol. The number of benzene rings is 2. The van der Waals surface area contributed by atoms with Gasteiger partial charge in [0.05, 0.1) is 17.4 Å². The zero-order valence-electron chi connectivity index (χ0n) is 18.3. The van der Waals surface area contributed by atoms with Crippen LogP contribution in [0.5, 0.6) is 5.75 Å². The molecule has 0 atom stereocenters. The molecule has 1 amide bonds. The van der Waals surface area contributed by atoms with Crippen LogP contribution in [0.15, 0.2) is 72.9 Å². The first-order valence-corrected chi connectivity index (χ1v) is 10.9. The third kappa shape index (κ3) is 6.18. The zero-order chi connectivity index (χ0) is 24.0. The van der Waals surface area contributed by atoms with Crippen molar-refractivity contribution in [1.82, 2.24) is 4.98 Å². The van der Waals surface area contributed by atoms with E-state index >= 15 is 0 Å². The van der Waals surface area contributed by atoms with Crippen LogP contribution < -0.4 is 15.0 Å². The van der Waals surface area contributed by atoms with Crippen molar-refractivity contribution in [2.45, 2.75) is 31.7 Å². The predicted octanol–water partition coefficient (Wildman–Crippen LogP) is 5.90. The third-order valence-electron chi connectivity index (χ3n) is 5.46. The number of halogens is 3. The van der Waals surface area contributed by atoms with Crippen LogP contribution in [0.3, 0.4) is 0 Å². The summed E-state index contributed by atoms with van der Waals surface area (Å²) >= 11 is 0. The molecule has 1 fully saturated rings. The van der Waals surface area contributed by atoms with Crippen LogP contribution in [0.25, 0.3) is 0 Å². The van der Waals surface area contributed by atoms with E-state index in [0.717, 1.165) is 17.4 Å². The molecule has 0 aliphatic carbocycles. The van der Waals surface area contributed by atoms with E-state index < -0.39 is 17.8 Å². The molecule has 1 aromatic heterocycles. The number of aromatic nitrogens is 1. The molecule has 3 aromatic rings. The molecule has 1 saturated heterocycles. The fourth-order valence-corrected chi connectivity index (χ4v) is 3.71. The third-order valence-corrected chi connectivity index (χ3v) is 5.46. The van der Waals surface area contributed by atoms with Crippen LogP contribution in [-0.2, 0) is 17.5 Å². The van der Waals surface area contributed by atoms with Crippen LogP contribution in [0.1, 0.15) is 24.0 Å². The minimum atomic E-state index is -4.45. The number of carbonyl (C=O) groups excluding carboxylic acids is 1. The van der Waals surface area contributed by atoms with E-state index in [1.165, 1.54) is 18.2 Å². The lowest BCUT2D eigenvalue weighted by atomic mass is 10.1. The number of nitrogens with zero attached hydrogens (tertiary/aromatic N) is 2. The van der Waals surface area contributed by atoms with Gasteiger partial charge >= 0.3 is 12.3 Å². The molecule has 2 aromatic carbocycles. The summed E-state index contributed by atoms with van der Waals surface area (Å²) in [6, 6.07) is 18.2. The zero-order valence-corrected chi connectivity index (χ0v) is 18.3. The molecule has 34 heavy (non-hydrogen) atoms. The Hall–Kier alpha value is -3.75. The summed E-state index contributed by atoms with van der Waals surface area (Å²) in [7, 11) is 0. The lowest BCUT2D eigenvalue weighted by Crippen LogP contribution is -2.38. The van der Waals surface area contributed by atoms with E-state index in [4.69, 9.17) is 9.47 Å². The number of nitrogens with one attached hydrogen (secondary N) is 1. The number of amides is 1. The molecule has 1 aliphatic rings. The van der Waals surface area contributed by atoms with Gasteiger partial charge in [0, 0.05) is 25.9 Å². The Labute approximate surface area is 195 Å². The summed E-state index contributed by atoms with van der Waals surface area (Å²) in [6.07, 6.45) is -2.65. The Morgan fingerprint density at radius 1 is 1.00 bits per heavy atom. The van der Waals surface area contributed by atoms with Crippen molar-refractivity contribution < 1.29 is 27.4 Å². The summed E-state index contributed by atoms with van der Waals surface area (Å²) in [5.41, 5.74) is 0.633. The second-order valence-corrected chi connectivity index (χ2v) is 7.89. The molecule has 0 spiro atoms. The molecule has 0 unspecified atom stereocenters. The molecule has 0 bridgehead atoms. The van der Waals surface area contributed by atoms with Crippen LogP contribution >= 0.6 is 0 Å². The molecule has 1 aliphatic heterocycles. The largest absolute Gasteiger partial charge is 0.490 e.